The second kappa shape index (κ2) is 5.61. The Morgan fingerprint density at radius 3 is 3.00 bits per heavy atom. The number of carbonyl (C=O) groups is 1. The minimum Gasteiger partial charge on any atom is -0.368 e. The third kappa shape index (κ3) is 2.66. The first-order valence-electron chi connectivity index (χ1n) is 5.79. The maximum absolute atomic E-state index is 10.5. The van der Waals surface area contributed by atoms with Gasteiger partial charge >= 0.3 is 0 Å². The lowest BCUT2D eigenvalue weighted by molar-refractivity contribution is -0.125. The molecule has 0 aliphatic rings. The predicted octanol–water partition coefficient (Wildman–Crippen LogP) is 0.563. The Labute approximate surface area is 105 Å². The first kappa shape index (κ1) is 12.5. The van der Waals surface area contributed by atoms with Crippen LogP contribution in [0.25, 0.3) is 11.0 Å². The lowest BCUT2D eigenvalue weighted by Crippen LogP contribution is -2.25. The number of hydroxylamine groups is 1. The van der Waals surface area contributed by atoms with E-state index in [0.29, 0.717) is 6.54 Å². The van der Waals surface area contributed by atoms with E-state index in [-0.39, 0.29) is 6.61 Å². The second-order valence-electron chi connectivity index (χ2n) is 3.84. The molecule has 96 valence electrons. The van der Waals surface area contributed by atoms with Gasteiger partial charge < -0.3 is 10.3 Å². The number of nitrogens with zero attached hydrogens (tertiary/aromatic N) is 2. The highest BCUT2D eigenvalue weighted by atomic mass is 16.6. The quantitative estimate of drug-likeness (QED) is 0.578. The summed E-state index contributed by atoms with van der Waals surface area (Å²) < 4.78 is 2.09. The smallest absolute Gasteiger partial charge is 0.245 e. The van der Waals surface area contributed by atoms with Crippen LogP contribution in [0.5, 0.6) is 0 Å². The summed E-state index contributed by atoms with van der Waals surface area (Å²) in [4.78, 5) is 19.9. The van der Waals surface area contributed by atoms with Crippen LogP contribution in [0.2, 0.25) is 0 Å². The monoisotopic (exact) mass is 248 g/mol. The standard InChI is InChI=1S/C12H16N4O2/c1-2-16-10-6-4-3-5-9(10)15-12(16)7-14-18-8-11(13)17/h3-6,14H,2,7-8H2,1H3,(H2,13,17). The maximum atomic E-state index is 10.5. The van der Waals surface area contributed by atoms with Crippen LogP contribution in [-0.2, 0) is 22.7 Å². The molecule has 1 amide bonds. The fourth-order valence-electron chi connectivity index (χ4n) is 1.85. The Bertz CT molecular complexity index is 550. The number of rotatable bonds is 6. The van der Waals surface area contributed by atoms with Gasteiger partial charge in [-0.25, -0.2) is 4.98 Å². The SMILES string of the molecule is CCn1c(CNOCC(N)=O)nc2ccccc21. The topological polar surface area (TPSA) is 82.2 Å². The zero-order valence-electron chi connectivity index (χ0n) is 10.2. The molecule has 0 bridgehead atoms. The molecule has 3 N–H and O–H groups in total. The summed E-state index contributed by atoms with van der Waals surface area (Å²) in [6, 6.07) is 7.93. The molecule has 0 saturated heterocycles. The van der Waals surface area contributed by atoms with Crippen molar-refractivity contribution in [2.45, 2.75) is 20.0 Å². The number of imidazole rings is 1. The average Bonchev–Trinajstić information content (AvgIpc) is 2.71. The van der Waals surface area contributed by atoms with E-state index >= 15 is 0 Å². The Morgan fingerprint density at radius 2 is 2.28 bits per heavy atom. The van der Waals surface area contributed by atoms with E-state index in [1.54, 1.807) is 0 Å². The number of nitrogens with one attached hydrogen (secondary N) is 1. The molecule has 0 fully saturated rings. The minimum absolute atomic E-state index is 0.146. The van der Waals surface area contributed by atoms with Gasteiger partial charge in [-0.2, -0.15) is 5.48 Å². The molecule has 0 unspecified atom stereocenters. The van der Waals surface area contributed by atoms with Gasteiger partial charge in [0, 0.05) is 6.54 Å². The van der Waals surface area contributed by atoms with Crippen molar-refractivity contribution in [3.8, 4) is 0 Å². The fourth-order valence-corrected chi connectivity index (χ4v) is 1.85. The number of nitrogens with two attached hydrogens (primary N) is 1. The van der Waals surface area contributed by atoms with Crippen LogP contribution in [0, 0.1) is 0 Å². The molecule has 1 aromatic heterocycles. The van der Waals surface area contributed by atoms with Crippen LogP contribution in [0.3, 0.4) is 0 Å². The largest absolute Gasteiger partial charge is 0.368 e. The van der Waals surface area contributed by atoms with E-state index in [1.165, 1.54) is 0 Å². The molecule has 0 radical (unpaired) electrons. The maximum Gasteiger partial charge on any atom is 0.245 e. The summed E-state index contributed by atoms with van der Waals surface area (Å²) in [6.07, 6.45) is 0. The molecule has 1 aromatic carbocycles. The van der Waals surface area contributed by atoms with Gasteiger partial charge in [-0.1, -0.05) is 12.1 Å². The van der Waals surface area contributed by atoms with Gasteiger partial charge in [-0.3, -0.25) is 9.63 Å². The number of aromatic nitrogens is 2. The van der Waals surface area contributed by atoms with Crippen molar-refractivity contribution in [3.63, 3.8) is 0 Å². The van der Waals surface area contributed by atoms with Crippen molar-refractivity contribution in [1.82, 2.24) is 15.0 Å². The third-order valence-corrected chi connectivity index (χ3v) is 2.60. The van der Waals surface area contributed by atoms with Crippen LogP contribution < -0.4 is 11.2 Å². The number of amides is 1. The van der Waals surface area contributed by atoms with Gasteiger partial charge in [0.05, 0.1) is 17.6 Å². The summed E-state index contributed by atoms with van der Waals surface area (Å²) in [5, 5.41) is 0. The molecule has 1 heterocycles. The normalized spacial score (nSPS) is 10.9. The molecule has 0 aliphatic carbocycles. The van der Waals surface area contributed by atoms with Crippen molar-refractivity contribution >= 4 is 16.9 Å². The number of carbonyl (C=O) groups excluding carboxylic acids is 1. The molecule has 0 saturated carbocycles. The molecule has 2 aromatic rings. The van der Waals surface area contributed by atoms with Gasteiger partial charge in [-0.15, -0.1) is 0 Å². The average molecular weight is 248 g/mol. The van der Waals surface area contributed by atoms with Gasteiger partial charge in [-0.05, 0) is 19.1 Å². The predicted molar refractivity (Wildman–Crippen MR) is 67.4 cm³/mol. The van der Waals surface area contributed by atoms with Crippen molar-refractivity contribution in [1.29, 1.82) is 0 Å². The molecular formula is C12H16N4O2. The first-order valence-corrected chi connectivity index (χ1v) is 5.79. The highest BCUT2D eigenvalue weighted by Crippen LogP contribution is 2.15. The van der Waals surface area contributed by atoms with Crippen LogP contribution in [0.1, 0.15) is 12.7 Å². The number of hydrogen-bond donors (Lipinski definition) is 2. The Kier molecular flexibility index (Phi) is 3.91. The van der Waals surface area contributed by atoms with E-state index in [2.05, 4.69) is 22.0 Å². The van der Waals surface area contributed by atoms with Gasteiger partial charge in [0.2, 0.25) is 5.91 Å². The van der Waals surface area contributed by atoms with Crippen LogP contribution in [0.15, 0.2) is 24.3 Å². The lowest BCUT2D eigenvalue weighted by atomic mass is 10.3. The van der Waals surface area contributed by atoms with Gasteiger partial charge in [0.25, 0.3) is 0 Å². The number of fused-ring (bicyclic) bond motifs is 1. The molecule has 0 atom stereocenters. The van der Waals surface area contributed by atoms with Crippen molar-refractivity contribution in [3.05, 3.63) is 30.1 Å². The number of benzene rings is 1. The Morgan fingerprint density at radius 1 is 1.50 bits per heavy atom. The Balaban J connectivity index is 2.10. The van der Waals surface area contributed by atoms with Crippen LogP contribution in [0.4, 0.5) is 0 Å². The number of aryl methyl sites for hydroxylation is 1. The highest BCUT2D eigenvalue weighted by Gasteiger charge is 2.08. The van der Waals surface area contributed by atoms with E-state index in [4.69, 9.17) is 10.6 Å². The molecule has 18 heavy (non-hydrogen) atoms. The molecular weight excluding hydrogens is 232 g/mol. The third-order valence-electron chi connectivity index (χ3n) is 2.60. The van der Waals surface area contributed by atoms with E-state index in [0.717, 1.165) is 23.4 Å². The Hall–Kier alpha value is -1.92. The molecule has 2 rings (SSSR count). The second-order valence-corrected chi connectivity index (χ2v) is 3.84. The van der Waals surface area contributed by atoms with Gasteiger partial charge in [0.15, 0.2) is 0 Å². The fraction of sp³-hybridized carbons (Fsp3) is 0.333. The van der Waals surface area contributed by atoms with E-state index in [9.17, 15) is 4.79 Å². The summed E-state index contributed by atoms with van der Waals surface area (Å²) in [7, 11) is 0. The highest BCUT2D eigenvalue weighted by molar-refractivity contribution is 5.76. The van der Waals surface area contributed by atoms with Gasteiger partial charge in [0.1, 0.15) is 12.4 Å². The molecule has 0 spiro atoms. The van der Waals surface area contributed by atoms with Crippen molar-refractivity contribution in [2.24, 2.45) is 5.73 Å². The summed E-state index contributed by atoms with van der Waals surface area (Å²) in [5.74, 6) is 0.356. The van der Waals surface area contributed by atoms with Crippen LogP contribution in [-0.4, -0.2) is 22.1 Å². The summed E-state index contributed by atoms with van der Waals surface area (Å²) in [5.41, 5.74) is 9.69. The lowest BCUT2D eigenvalue weighted by Gasteiger charge is -2.06. The number of para-hydroxylation sites is 2. The van der Waals surface area contributed by atoms with Crippen molar-refractivity contribution in [2.75, 3.05) is 6.61 Å². The zero-order valence-corrected chi connectivity index (χ0v) is 10.2. The number of hydrogen-bond acceptors (Lipinski definition) is 4. The molecule has 6 nitrogen and oxygen atoms in total. The van der Waals surface area contributed by atoms with Crippen LogP contribution >= 0.6 is 0 Å². The molecule has 6 heteroatoms. The van der Waals surface area contributed by atoms with Crippen molar-refractivity contribution < 1.29 is 9.63 Å². The summed E-state index contributed by atoms with van der Waals surface area (Å²) >= 11 is 0. The van der Waals surface area contributed by atoms with E-state index < -0.39 is 5.91 Å². The number of primary amides is 1. The first-order chi connectivity index (χ1) is 8.72. The zero-order chi connectivity index (χ0) is 13.0. The van der Waals surface area contributed by atoms with E-state index in [1.807, 2.05) is 24.3 Å². The molecule has 0 aliphatic heterocycles. The minimum atomic E-state index is -0.508. The summed E-state index contributed by atoms with van der Waals surface area (Å²) in [6.45, 7) is 3.16.